The maximum absolute atomic E-state index is 10.9. The van der Waals surface area contributed by atoms with Crippen LogP contribution in [0.1, 0.15) is 52.3 Å². The van der Waals surface area contributed by atoms with Gasteiger partial charge in [-0.1, -0.05) is 19.0 Å². The zero-order chi connectivity index (χ0) is 13.9. The standard InChI is InChI=1S/C12H21N3O3/c1-8(2)11-13-9(18-14-11)6-15(7-10(16)17)12(3,4)5/h8H,6-7H2,1-5H3,(H,16,17). The van der Waals surface area contributed by atoms with E-state index in [0.29, 0.717) is 18.3 Å². The first kappa shape index (κ1) is 14.6. The van der Waals surface area contributed by atoms with Gasteiger partial charge in [-0.15, -0.1) is 0 Å². The number of aromatic nitrogens is 2. The molecule has 0 radical (unpaired) electrons. The van der Waals surface area contributed by atoms with Crippen LogP contribution in [0.25, 0.3) is 0 Å². The van der Waals surface area contributed by atoms with Crippen LogP contribution in [0.4, 0.5) is 0 Å². The Balaban J connectivity index is 2.79. The Morgan fingerprint density at radius 2 is 2.06 bits per heavy atom. The molecular formula is C12H21N3O3. The Bertz CT molecular complexity index is 407. The van der Waals surface area contributed by atoms with Crippen molar-refractivity contribution in [1.29, 1.82) is 0 Å². The summed E-state index contributed by atoms with van der Waals surface area (Å²) in [4.78, 5) is 16.9. The molecule has 6 nitrogen and oxygen atoms in total. The molecule has 1 aromatic rings. The average Bonchev–Trinajstić information content (AvgIpc) is 2.63. The van der Waals surface area contributed by atoms with Crippen LogP contribution >= 0.6 is 0 Å². The lowest BCUT2D eigenvalue weighted by molar-refractivity contribution is -0.140. The largest absolute Gasteiger partial charge is 0.480 e. The minimum Gasteiger partial charge on any atom is -0.480 e. The number of hydrogen-bond acceptors (Lipinski definition) is 5. The lowest BCUT2D eigenvalue weighted by Gasteiger charge is -2.32. The van der Waals surface area contributed by atoms with Gasteiger partial charge in [0, 0.05) is 11.5 Å². The summed E-state index contributed by atoms with van der Waals surface area (Å²) in [7, 11) is 0. The summed E-state index contributed by atoms with van der Waals surface area (Å²) in [5, 5.41) is 12.8. The third-order valence-corrected chi connectivity index (χ3v) is 2.60. The highest BCUT2D eigenvalue weighted by atomic mass is 16.5. The Morgan fingerprint density at radius 1 is 1.44 bits per heavy atom. The molecule has 18 heavy (non-hydrogen) atoms. The van der Waals surface area contributed by atoms with Gasteiger partial charge in [0.05, 0.1) is 13.1 Å². The maximum Gasteiger partial charge on any atom is 0.317 e. The van der Waals surface area contributed by atoms with Crippen molar-refractivity contribution in [2.75, 3.05) is 6.54 Å². The van der Waals surface area contributed by atoms with E-state index in [1.165, 1.54) is 0 Å². The normalized spacial score (nSPS) is 12.4. The van der Waals surface area contributed by atoms with Crippen molar-refractivity contribution in [3.8, 4) is 0 Å². The molecule has 0 unspecified atom stereocenters. The smallest absolute Gasteiger partial charge is 0.317 e. The number of carbonyl (C=O) groups is 1. The fourth-order valence-electron chi connectivity index (χ4n) is 1.42. The average molecular weight is 255 g/mol. The van der Waals surface area contributed by atoms with Crippen molar-refractivity contribution in [3.63, 3.8) is 0 Å². The second-order valence-electron chi connectivity index (χ2n) is 5.62. The summed E-state index contributed by atoms with van der Waals surface area (Å²) >= 11 is 0. The quantitative estimate of drug-likeness (QED) is 0.865. The van der Waals surface area contributed by atoms with Crippen molar-refractivity contribution in [2.24, 2.45) is 0 Å². The summed E-state index contributed by atoms with van der Waals surface area (Å²) in [5.41, 5.74) is -0.273. The summed E-state index contributed by atoms with van der Waals surface area (Å²) in [5.74, 6) is 0.433. The molecule has 102 valence electrons. The second-order valence-corrected chi connectivity index (χ2v) is 5.62. The SMILES string of the molecule is CC(C)c1noc(CN(CC(=O)O)C(C)(C)C)n1. The summed E-state index contributed by atoms with van der Waals surface area (Å²) in [6.45, 7) is 10.1. The highest BCUT2D eigenvalue weighted by Gasteiger charge is 2.25. The molecule has 0 atom stereocenters. The van der Waals surface area contributed by atoms with Gasteiger partial charge in [0.1, 0.15) is 0 Å². The number of rotatable bonds is 5. The molecule has 0 amide bonds. The first-order chi connectivity index (χ1) is 8.20. The molecule has 0 aliphatic rings. The number of hydrogen-bond donors (Lipinski definition) is 1. The van der Waals surface area contributed by atoms with E-state index < -0.39 is 5.97 Å². The van der Waals surface area contributed by atoms with Gasteiger partial charge in [0.2, 0.25) is 5.89 Å². The van der Waals surface area contributed by atoms with Crippen LogP contribution in [0, 0.1) is 0 Å². The first-order valence-electron chi connectivity index (χ1n) is 5.99. The van der Waals surface area contributed by atoms with Crippen molar-refractivity contribution in [3.05, 3.63) is 11.7 Å². The Hall–Kier alpha value is -1.43. The lowest BCUT2D eigenvalue weighted by Crippen LogP contribution is -2.43. The van der Waals surface area contributed by atoms with Crippen LogP contribution < -0.4 is 0 Å². The van der Waals surface area contributed by atoms with Gasteiger partial charge in [-0.05, 0) is 20.8 Å². The zero-order valence-corrected chi connectivity index (χ0v) is 11.6. The van der Waals surface area contributed by atoms with Gasteiger partial charge >= 0.3 is 5.97 Å². The lowest BCUT2D eigenvalue weighted by atomic mass is 10.1. The Kier molecular flexibility index (Phi) is 4.45. The highest BCUT2D eigenvalue weighted by molar-refractivity contribution is 5.69. The van der Waals surface area contributed by atoms with E-state index in [1.54, 1.807) is 4.90 Å². The van der Waals surface area contributed by atoms with E-state index in [9.17, 15) is 4.79 Å². The zero-order valence-electron chi connectivity index (χ0n) is 11.6. The second kappa shape index (κ2) is 5.48. The molecule has 0 saturated carbocycles. The molecule has 1 N–H and O–H groups in total. The molecule has 0 aromatic carbocycles. The van der Waals surface area contributed by atoms with Crippen LogP contribution in [-0.2, 0) is 11.3 Å². The van der Waals surface area contributed by atoms with Crippen LogP contribution in [0.5, 0.6) is 0 Å². The van der Waals surface area contributed by atoms with Gasteiger partial charge in [-0.3, -0.25) is 9.69 Å². The molecule has 0 aliphatic carbocycles. The van der Waals surface area contributed by atoms with Crippen LogP contribution in [0.3, 0.4) is 0 Å². The minimum absolute atomic E-state index is 0.0527. The molecule has 1 heterocycles. The van der Waals surface area contributed by atoms with Gasteiger partial charge in [-0.2, -0.15) is 4.98 Å². The fourth-order valence-corrected chi connectivity index (χ4v) is 1.42. The van der Waals surface area contributed by atoms with E-state index >= 15 is 0 Å². The first-order valence-corrected chi connectivity index (χ1v) is 5.99. The molecule has 1 aromatic heterocycles. The van der Waals surface area contributed by atoms with Crippen molar-refractivity contribution in [2.45, 2.75) is 52.6 Å². The van der Waals surface area contributed by atoms with Gasteiger partial charge in [0.25, 0.3) is 0 Å². The minimum atomic E-state index is -0.867. The van der Waals surface area contributed by atoms with E-state index in [0.717, 1.165) is 0 Å². The third-order valence-electron chi connectivity index (χ3n) is 2.60. The summed E-state index contributed by atoms with van der Waals surface area (Å²) < 4.78 is 5.14. The predicted molar refractivity (Wildman–Crippen MR) is 66.2 cm³/mol. The summed E-state index contributed by atoms with van der Waals surface area (Å²) in [6.07, 6.45) is 0. The maximum atomic E-state index is 10.9. The van der Waals surface area contributed by atoms with Crippen molar-refractivity contribution in [1.82, 2.24) is 15.0 Å². The molecule has 0 bridgehead atoms. The summed E-state index contributed by atoms with van der Waals surface area (Å²) in [6, 6.07) is 0. The van der Waals surface area contributed by atoms with E-state index in [4.69, 9.17) is 9.63 Å². The van der Waals surface area contributed by atoms with Crippen molar-refractivity contribution >= 4 is 5.97 Å². The van der Waals surface area contributed by atoms with E-state index in [-0.39, 0.29) is 18.0 Å². The number of carboxylic acid groups (broad SMARTS) is 1. The third kappa shape index (κ3) is 4.10. The van der Waals surface area contributed by atoms with Gasteiger partial charge in [-0.25, -0.2) is 0 Å². The monoisotopic (exact) mass is 255 g/mol. The van der Waals surface area contributed by atoms with Crippen LogP contribution in [0.2, 0.25) is 0 Å². The molecule has 0 fully saturated rings. The molecule has 0 saturated heterocycles. The topological polar surface area (TPSA) is 79.5 Å². The fraction of sp³-hybridized carbons (Fsp3) is 0.750. The van der Waals surface area contributed by atoms with Crippen molar-refractivity contribution < 1.29 is 14.4 Å². The molecule has 0 spiro atoms. The number of carboxylic acids is 1. The molecule has 6 heteroatoms. The highest BCUT2D eigenvalue weighted by Crippen LogP contribution is 2.17. The van der Waals surface area contributed by atoms with Crippen LogP contribution in [-0.4, -0.2) is 38.2 Å². The molecule has 0 aliphatic heterocycles. The van der Waals surface area contributed by atoms with Gasteiger partial charge in [0.15, 0.2) is 5.82 Å². The number of nitrogens with zero attached hydrogens (tertiary/aromatic N) is 3. The van der Waals surface area contributed by atoms with E-state index in [1.807, 2.05) is 34.6 Å². The predicted octanol–water partition coefficient (Wildman–Crippen LogP) is 1.88. The number of aliphatic carboxylic acids is 1. The van der Waals surface area contributed by atoms with Gasteiger partial charge < -0.3 is 9.63 Å². The Morgan fingerprint density at radius 3 is 2.44 bits per heavy atom. The van der Waals surface area contributed by atoms with Crippen LogP contribution in [0.15, 0.2) is 4.52 Å². The molecular weight excluding hydrogens is 234 g/mol. The molecule has 1 rings (SSSR count). The Labute approximate surface area is 107 Å². The van der Waals surface area contributed by atoms with E-state index in [2.05, 4.69) is 10.1 Å².